The average molecular weight is 602 g/mol. The van der Waals surface area contributed by atoms with Crippen LogP contribution in [0.15, 0.2) is 24.3 Å². The Morgan fingerprint density at radius 1 is 1.08 bits per heavy atom. The first-order valence-corrected chi connectivity index (χ1v) is 12.7. The normalized spacial score (nSPS) is 12.2. The monoisotopic (exact) mass is 600 g/mol. The lowest BCUT2D eigenvalue weighted by molar-refractivity contribution is -0.119. The molecule has 0 saturated heterocycles. The van der Waals surface area contributed by atoms with Crippen molar-refractivity contribution in [2.45, 2.75) is 53.0 Å². The number of fused-ring (bicyclic) bond motifs is 1. The van der Waals surface area contributed by atoms with E-state index in [1.807, 2.05) is 52.8 Å². The number of carbonyl (C=O) groups excluding carboxylic acids is 2. The third-order valence-corrected chi connectivity index (χ3v) is 6.25. The number of carbonyl (C=O) groups is 2. The van der Waals surface area contributed by atoms with Crippen molar-refractivity contribution in [1.82, 2.24) is 10.2 Å². The van der Waals surface area contributed by atoms with Crippen LogP contribution in [0.5, 0.6) is 17.2 Å². The van der Waals surface area contributed by atoms with Gasteiger partial charge >= 0.3 is 0 Å². The molecule has 1 heterocycles. The number of amidine groups is 1. The minimum Gasteiger partial charge on any atom is -0.494 e. The van der Waals surface area contributed by atoms with Crippen molar-refractivity contribution in [3.8, 4) is 23.3 Å². The van der Waals surface area contributed by atoms with Gasteiger partial charge in [-0.2, -0.15) is 5.26 Å². The zero-order valence-corrected chi connectivity index (χ0v) is 25.1. The minimum absolute atomic E-state index is 0. The summed E-state index contributed by atoms with van der Waals surface area (Å²) in [6, 6.07) is 9.10. The fraction of sp³-hybridized carbons (Fsp3) is 0.448. The lowest BCUT2D eigenvalue weighted by Gasteiger charge is -2.25. The molecule has 0 radical (unpaired) electrons. The Bertz CT molecular complexity index is 1280. The molecule has 2 N–H and O–H groups in total. The summed E-state index contributed by atoms with van der Waals surface area (Å²) in [7, 11) is 1.58. The Morgan fingerprint density at radius 2 is 1.74 bits per heavy atom. The number of nitrogens with zero attached hydrogens (tertiary/aromatic N) is 2. The second-order valence-corrected chi connectivity index (χ2v) is 10.0. The van der Waals surface area contributed by atoms with Gasteiger partial charge in [0.25, 0.3) is 0 Å². The molecule has 0 aromatic heterocycles. The number of nitriles is 1. The largest absolute Gasteiger partial charge is 0.494 e. The summed E-state index contributed by atoms with van der Waals surface area (Å²) in [4.78, 5) is 27.3. The molecule has 3 rings (SSSR count). The van der Waals surface area contributed by atoms with Crippen molar-refractivity contribution in [2.24, 2.45) is 0 Å². The summed E-state index contributed by atoms with van der Waals surface area (Å²) < 4.78 is 17.3. The van der Waals surface area contributed by atoms with E-state index in [1.165, 1.54) is 0 Å². The topological polar surface area (TPSA) is 125 Å². The first-order valence-electron chi connectivity index (χ1n) is 12.7. The molecule has 0 spiro atoms. The smallest absolute Gasteiger partial charge is 0.224 e. The highest BCUT2D eigenvalue weighted by molar-refractivity contribution is 8.93. The second kappa shape index (κ2) is 13.5. The van der Waals surface area contributed by atoms with Crippen LogP contribution in [0.25, 0.3) is 0 Å². The van der Waals surface area contributed by atoms with Gasteiger partial charge in [0.1, 0.15) is 17.7 Å². The van der Waals surface area contributed by atoms with Crippen LogP contribution in [-0.2, 0) is 23.2 Å². The van der Waals surface area contributed by atoms with Crippen LogP contribution >= 0.6 is 17.0 Å². The Hall–Kier alpha value is -3.58. The van der Waals surface area contributed by atoms with Gasteiger partial charge in [-0.3, -0.25) is 15.0 Å². The molecule has 9 nitrogen and oxygen atoms in total. The zero-order valence-electron chi connectivity index (χ0n) is 23.4. The van der Waals surface area contributed by atoms with Crippen LogP contribution in [0, 0.1) is 16.7 Å². The van der Waals surface area contributed by atoms with E-state index < -0.39 is 0 Å². The van der Waals surface area contributed by atoms with Crippen LogP contribution in [0.1, 0.15) is 67.2 Å². The van der Waals surface area contributed by atoms with Crippen LogP contribution < -0.4 is 19.5 Å². The zero-order chi connectivity index (χ0) is 28.0. The molecule has 2 aromatic carbocycles. The summed E-state index contributed by atoms with van der Waals surface area (Å²) >= 11 is 0. The molecular weight excluding hydrogens is 564 g/mol. The van der Waals surface area contributed by atoms with Gasteiger partial charge in [-0.25, -0.2) is 0 Å². The lowest BCUT2D eigenvalue weighted by atomic mass is 9.84. The summed E-state index contributed by atoms with van der Waals surface area (Å²) in [5.41, 5.74) is 3.10. The molecule has 1 aliphatic heterocycles. The quantitative estimate of drug-likeness (QED) is 0.362. The molecule has 0 bridgehead atoms. The number of nitrogens with one attached hydrogen (secondary N) is 2. The maximum atomic E-state index is 13.5. The SMILES string of the molecule is Br.CCOc1cc2c(cc1CC(=O)NC)C(=N)N(CC(=O)c1cc(OCC)c(OCC#N)c(C(C)(C)C)c1)C2. The van der Waals surface area contributed by atoms with Gasteiger partial charge in [0.2, 0.25) is 5.91 Å². The van der Waals surface area contributed by atoms with Crippen molar-refractivity contribution >= 4 is 34.5 Å². The first-order chi connectivity index (χ1) is 18.0. The third kappa shape index (κ3) is 7.30. The number of Topliss-reactive ketones (excluding diaryl/α,β-unsaturated/α-hetero) is 1. The Balaban J connectivity index is 0.00000533. The number of ketones is 1. The fourth-order valence-corrected chi connectivity index (χ4v) is 4.40. The van der Waals surface area contributed by atoms with Crippen LogP contribution in [0.2, 0.25) is 0 Å². The average Bonchev–Trinajstić information content (AvgIpc) is 3.16. The fourth-order valence-electron chi connectivity index (χ4n) is 4.40. The lowest BCUT2D eigenvalue weighted by Crippen LogP contribution is -2.30. The van der Waals surface area contributed by atoms with Crippen molar-refractivity contribution in [3.05, 3.63) is 52.1 Å². The van der Waals surface area contributed by atoms with Crippen molar-refractivity contribution in [1.29, 1.82) is 10.7 Å². The van der Waals surface area contributed by atoms with E-state index >= 15 is 0 Å². The Kier molecular flexibility index (Phi) is 10.9. The van der Waals surface area contributed by atoms with E-state index in [-0.39, 0.29) is 59.5 Å². The van der Waals surface area contributed by atoms with Gasteiger partial charge in [0.05, 0.1) is 26.2 Å². The van der Waals surface area contributed by atoms with Crippen LogP contribution in [0.4, 0.5) is 0 Å². The van der Waals surface area contributed by atoms with Gasteiger partial charge in [0, 0.05) is 35.8 Å². The van der Waals surface area contributed by atoms with E-state index in [9.17, 15) is 9.59 Å². The highest BCUT2D eigenvalue weighted by atomic mass is 79.9. The molecule has 1 amide bonds. The van der Waals surface area contributed by atoms with Crippen molar-refractivity contribution in [2.75, 3.05) is 33.4 Å². The number of hydrogen-bond donors (Lipinski definition) is 2. The number of benzene rings is 2. The second-order valence-electron chi connectivity index (χ2n) is 10.0. The van der Waals surface area contributed by atoms with Gasteiger partial charge < -0.3 is 24.4 Å². The Morgan fingerprint density at radius 3 is 2.33 bits per heavy atom. The van der Waals surface area contributed by atoms with Gasteiger partial charge in [-0.05, 0) is 49.1 Å². The Labute approximate surface area is 240 Å². The van der Waals surface area contributed by atoms with E-state index in [0.717, 1.165) is 11.1 Å². The highest BCUT2D eigenvalue weighted by Crippen LogP contribution is 2.40. The van der Waals surface area contributed by atoms with Crippen LogP contribution in [-0.4, -0.2) is 55.8 Å². The van der Waals surface area contributed by atoms with E-state index in [0.29, 0.717) is 53.7 Å². The van der Waals surface area contributed by atoms with Crippen molar-refractivity contribution < 1.29 is 23.8 Å². The maximum Gasteiger partial charge on any atom is 0.224 e. The number of amides is 1. The van der Waals surface area contributed by atoms with E-state index in [4.69, 9.17) is 24.9 Å². The van der Waals surface area contributed by atoms with Gasteiger partial charge in [0.15, 0.2) is 23.9 Å². The summed E-state index contributed by atoms with van der Waals surface area (Å²) in [6.07, 6.45) is 0.140. The number of hydrogen-bond acceptors (Lipinski definition) is 7. The third-order valence-electron chi connectivity index (χ3n) is 6.25. The summed E-state index contributed by atoms with van der Waals surface area (Å²) in [6.45, 7) is 10.8. The minimum atomic E-state index is -0.375. The standard InChI is InChI=1S/C29H36N4O5.BrH/c1-7-36-24-14-20-16-33(28(31)21(20)11-19(24)15-26(35)32-6)17-23(34)18-12-22(29(3,4)5)27(38-10-9-30)25(13-18)37-8-2;/h11-14,31H,7-8,10,15-17H2,1-6H3,(H,32,35);1H. The molecule has 10 heteroatoms. The number of ether oxygens (including phenoxy) is 3. The molecule has 1 aliphatic rings. The maximum absolute atomic E-state index is 13.5. The molecule has 39 heavy (non-hydrogen) atoms. The molecule has 0 atom stereocenters. The van der Waals surface area contributed by atoms with Crippen molar-refractivity contribution in [3.63, 3.8) is 0 Å². The molecule has 0 fully saturated rings. The van der Waals surface area contributed by atoms with Crippen LogP contribution in [0.3, 0.4) is 0 Å². The van der Waals surface area contributed by atoms with E-state index in [1.54, 1.807) is 24.1 Å². The number of halogens is 1. The predicted molar refractivity (Wildman–Crippen MR) is 155 cm³/mol. The predicted octanol–water partition coefficient (Wildman–Crippen LogP) is 4.57. The van der Waals surface area contributed by atoms with E-state index in [2.05, 4.69) is 5.32 Å². The number of likely N-dealkylation sites (N-methyl/N-ethyl adjacent to an activating group) is 1. The van der Waals surface area contributed by atoms with Gasteiger partial charge in [-0.15, -0.1) is 17.0 Å². The number of rotatable bonds is 11. The molecule has 0 unspecified atom stereocenters. The molecule has 0 aliphatic carbocycles. The molecule has 210 valence electrons. The summed E-state index contributed by atoms with van der Waals surface area (Å²) in [5.74, 6) is 1.40. The molecular formula is C29H37BrN4O5. The summed E-state index contributed by atoms with van der Waals surface area (Å²) in [5, 5.41) is 20.4. The van der Waals surface area contributed by atoms with Gasteiger partial charge in [-0.1, -0.05) is 20.8 Å². The molecule has 0 saturated carbocycles. The molecule has 2 aromatic rings. The highest BCUT2D eigenvalue weighted by Gasteiger charge is 2.30. The first kappa shape index (κ1) is 31.6.